The van der Waals surface area contributed by atoms with Crippen LogP contribution in [0.3, 0.4) is 0 Å². The number of nitrogens with zero attached hydrogens (tertiary/aromatic N) is 2. The van der Waals surface area contributed by atoms with E-state index < -0.39 is 23.6 Å². The van der Waals surface area contributed by atoms with Crippen molar-refractivity contribution in [3.8, 4) is 0 Å². The highest BCUT2D eigenvalue weighted by Gasteiger charge is 2.42. The number of piperidine rings is 2. The zero-order valence-electron chi connectivity index (χ0n) is 23.9. The van der Waals surface area contributed by atoms with Gasteiger partial charge in [-0.1, -0.05) is 30.3 Å². The number of aliphatic hydroxyl groups excluding tert-OH is 2. The molecule has 9 heteroatoms. The molecule has 5 rings (SSSR count). The van der Waals surface area contributed by atoms with Crippen LogP contribution in [0.15, 0.2) is 30.3 Å². The van der Waals surface area contributed by atoms with Gasteiger partial charge in [0.2, 0.25) is 11.6 Å². The van der Waals surface area contributed by atoms with Crippen molar-refractivity contribution >= 4 is 11.8 Å². The van der Waals surface area contributed by atoms with Crippen LogP contribution in [0.4, 0.5) is 4.39 Å². The van der Waals surface area contributed by atoms with E-state index in [0.717, 1.165) is 38.2 Å². The highest BCUT2D eigenvalue weighted by atomic mass is 19.1. The first-order valence-electron chi connectivity index (χ1n) is 14.5. The third kappa shape index (κ3) is 6.47. The van der Waals surface area contributed by atoms with E-state index in [-0.39, 0.29) is 24.6 Å². The molecule has 0 aromatic heterocycles. The van der Waals surface area contributed by atoms with Gasteiger partial charge in [-0.3, -0.25) is 9.59 Å². The third-order valence-corrected chi connectivity index (χ3v) is 9.87. The fourth-order valence-corrected chi connectivity index (χ4v) is 6.91. The number of aliphatic hydroxyl groups is 2. The molecule has 4 aliphatic heterocycles. The second-order valence-electron chi connectivity index (χ2n) is 12.6. The summed E-state index contributed by atoms with van der Waals surface area (Å²) in [6, 6.07) is 12.1. The maximum Gasteiger partial charge on any atom is 0.260 e. The summed E-state index contributed by atoms with van der Waals surface area (Å²) in [4.78, 5) is 29.2. The van der Waals surface area contributed by atoms with E-state index in [1.807, 2.05) is 37.3 Å². The normalized spacial score (nSPS) is 33.3. The van der Waals surface area contributed by atoms with Crippen molar-refractivity contribution in [2.75, 3.05) is 27.3 Å². The number of carbonyl (C=O) groups excluding carboxylic acids is 2. The summed E-state index contributed by atoms with van der Waals surface area (Å²) in [5.74, 6) is -0.746. The molecule has 4 heterocycles. The van der Waals surface area contributed by atoms with Gasteiger partial charge in [0.25, 0.3) is 5.91 Å². The van der Waals surface area contributed by atoms with Crippen LogP contribution in [0.1, 0.15) is 70.8 Å². The van der Waals surface area contributed by atoms with Gasteiger partial charge in [0.15, 0.2) is 0 Å². The highest BCUT2D eigenvalue weighted by Crippen LogP contribution is 2.35. The number of rotatable bonds is 7. The number of halogens is 1. The average Bonchev–Trinajstić information content (AvgIpc) is 3.25. The molecule has 6 atom stereocenters. The summed E-state index contributed by atoms with van der Waals surface area (Å²) in [5.41, 5.74) is -2.17. The molecular formula is C30H47FN4O4. The second-order valence-corrected chi connectivity index (χ2v) is 12.6. The number of carbonyl (C=O) groups is 2. The fraction of sp³-hybridized carbons (Fsp3) is 0.733. The summed E-state index contributed by atoms with van der Waals surface area (Å²) in [6.07, 6.45) is 8.64. The first kappa shape index (κ1) is 29.9. The Labute approximate surface area is 232 Å². The van der Waals surface area contributed by atoms with E-state index in [0.29, 0.717) is 24.2 Å². The minimum Gasteiger partial charge on any atom is -0.395 e. The summed E-state index contributed by atoms with van der Waals surface area (Å²) in [5, 5.41) is 24.6. The summed E-state index contributed by atoms with van der Waals surface area (Å²) in [7, 11) is 4.32. The topological polar surface area (TPSA) is 105 Å². The maximum atomic E-state index is 13.6. The predicted octanol–water partition coefficient (Wildman–Crippen LogP) is 2.13. The second kappa shape index (κ2) is 12.2. The van der Waals surface area contributed by atoms with Crippen molar-refractivity contribution in [1.29, 1.82) is 0 Å². The highest BCUT2D eigenvalue weighted by molar-refractivity contribution is 5.88. The molecule has 0 spiro atoms. The fourth-order valence-electron chi connectivity index (χ4n) is 6.91. The lowest BCUT2D eigenvalue weighted by Crippen LogP contribution is -2.53. The van der Waals surface area contributed by atoms with Crippen LogP contribution < -0.4 is 10.6 Å². The van der Waals surface area contributed by atoms with Crippen molar-refractivity contribution < 1.29 is 24.2 Å². The van der Waals surface area contributed by atoms with Crippen molar-refractivity contribution in [3.05, 3.63) is 35.9 Å². The molecule has 0 saturated carbocycles. The van der Waals surface area contributed by atoms with Gasteiger partial charge < -0.3 is 30.6 Å². The van der Waals surface area contributed by atoms with Gasteiger partial charge in [-0.2, -0.15) is 0 Å². The minimum atomic E-state index is -2.16. The zero-order chi connectivity index (χ0) is 28.4. The largest absolute Gasteiger partial charge is 0.395 e. The van der Waals surface area contributed by atoms with Gasteiger partial charge in [-0.05, 0) is 84.9 Å². The molecule has 2 amide bonds. The van der Waals surface area contributed by atoms with Crippen LogP contribution in [-0.4, -0.2) is 101 Å². The average molecular weight is 547 g/mol. The third-order valence-electron chi connectivity index (χ3n) is 9.87. The number of benzene rings is 1. The van der Waals surface area contributed by atoms with E-state index in [1.165, 1.54) is 25.7 Å². The molecule has 1 aromatic carbocycles. The van der Waals surface area contributed by atoms with Gasteiger partial charge >= 0.3 is 0 Å². The van der Waals surface area contributed by atoms with Crippen molar-refractivity contribution in [1.82, 2.24) is 20.4 Å². The lowest BCUT2D eigenvalue weighted by molar-refractivity contribution is -0.135. The monoisotopic (exact) mass is 546 g/mol. The van der Waals surface area contributed by atoms with Gasteiger partial charge in [0.1, 0.15) is 0 Å². The molecule has 1 aromatic rings. The Kier molecular flexibility index (Phi) is 9.36. The Morgan fingerprint density at radius 3 is 1.59 bits per heavy atom. The summed E-state index contributed by atoms with van der Waals surface area (Å²) < 4.78 is 13.6. The number of fused-ring (bicyclic) bond motifs is 4. The summed E-state index contributed by atoms with van der Waals surface area (Å²) in [6.45, 7) is 1.99. The summed E-state index contributed by atoms with van der Waals surface area (Å²) >= 11 is 0. The van der Waals surface area contributed by atoms with E-state index in [4.69, 9.17) is 5.11 Å². The number of hydrogen-bond acceptors (Lipinski definition) is 6. The lowest BCUT2D eigenvalue weighted by atomic mass is 9.81. The molecule has 4 saturated heterocycles. The minimum absolute atomic E-state index is 0.0535. The lowest BCUT2D eigenvalue weighted by Gasteiger charge is -2.38. The van der Waals surface area contributed by atoms with Crippen molar-refractivity contribution in [2.24, 2.45) is 0 Å². The quantitative estimate of drug-likeness (QED) is 0.418. The van der Waals surface area contributed by atoms with Crippen LogP contribution in [0.25, 0.3) is 0 Å². The maximum absolute atomic E-state index is 13.6. The molecule has 4 N–H and O–H groups in total. The molecule has 218 valence electrons. The van der Waals surface area contributed by atoms with E-state index in [9.17, 15) is 19.1 Å². The van der Waals surface area contributed by atoms with E-state index >= 15 is 0 Å². The zero-order valence-corrected chi connectivity index (χ0v) is 23.9. The number of amides is 2. The predicted molar refractivity (Wildman–Crippen MR) is 149 cm³/mol. The van der Waals surface area contributed by atoms with Gasteiger partial charge in [0, 0.05) is 36.3 Å². The Bertz CT molecular complexity index is 966. The molecule has 4 fully saturated rings. The van der Waals surface area contributed by atoms with E-state index in [1.54, 1.807) is 0 Å². The molecule has 4 aliphatic rings. The standard InChI is InChI=1S/C18H26N2O2.C12H21FN2O2/c1-18(12-21,13-6-4-3-5-7-13)17(22)19-14-10-15-8-9-16(11-14)20(15)2;1-12(13,7-16)11(17)14-8-5-9-3-4-10(6-8)15(9)2/h3-7,14-16,21H,8-12H2,1-2H3,(H,19,22);8-10,16H,3-7H2,1-2H3,(H,14,17). The molecule has 6 unspecified atom stereocenters. The Hall–Kier alpha value is -2.07. The first-order chi connectivity index (χ1) is 18.5. The molecule has 39 heavy (non-hydrogen) atoms. The number of nitrogens with one attached hydrogen (secondary N) is 2. The smallest absolute Gasteiger partial charge is 0.260 e. The number of alkyl halides is 1. The van der Waals surface area contributed by atoms with Crippen molar-refractivity contribution in [2.45, 2.75) is 113 Å². The number of hydrogen-bond donors (Lipinski definition) is 4. The Balaban J connectivity index is 0.000000187. The van der Waals surface area contributed by atoms with Gasteiger partial charge in [0.05, 0.1) is 18.6 Å². The molecule has 8 nitrogen and oxygen atoms in total. The SMILES string of the molecule is CN1C2CCC1CC(NC(=O)C(C)(CO)c1ccccc1)C2.CN1C2CCC1CC(NC(=O)C(C)(F)CO)C2. The molecule has 0 aliphatic carbocycles. The molecule has 4 bridgehead atoms. The van der Waals surface area contributed by atoms with Crippen LogP contribution in [0, 0.1) is 0 Å². The Morgan fingerprint density at radius 2 is 1.21 bits per heavy atom. The van der Waals surface area contributed by atoms with Gasteiger partial charge in [-0.15, -0.1) is 0 Å². The van der Waals surface area contributed by atoms with Crippen LogP contribution >= 0.6 is 0 Å². The first-order valence-corrected chi connectivity index (χ1v) is 14.5. The van der Waals surface area contributed by atoms with Gasteiger partial charge in [-0.25, -0.2) is 4.39 Å². The molecule has 0 radical (unpaired) electrons. The van der Waals surface area contributed by atoms with Crippen LogP contribution in [-0.2, 0) is 15.0 Å². The van der Waals surface area contributed by atoms with Crippen LogP contribution in [0.2, 0.25) is 0 Å². The van der Waals surface area contributed by atoms with Crippen LogP contribution in [0.5, 0.6) is 0 Å². The molecular weight excluding hydrogens is 499 g/mol. The Morgan fingerprint density at radius 1 is 0.795 bits per heavy atom. The van der Waals surface area contributed by atoms with Crippen molar-refractivity contribution in [3.63, 3.8) is 0 Å². The van der Waals surface area contributed by atoms with E-state index in [2.05, 4.69) is 34.5 Å².